The third kappa shape index (κ3) is 4.87. The van der Waals surface area contributed by atoms with Crippen molar-refractivity contribution in [3.63, 3.8) is 0 Å². The molecule has 21 heavy (non-hydrogen) atoms. The van der Waals surface area contributed by atoms with Gasteiger partial charge in [0.1, 0.15) is 5.60 Å². The molecule has 0 saturated carbocycles. The Balaban J connectivity index is 3.13. The first-order valence-electron chi connectivity index (χ1n) is 6.21. The van der Waals surface area contributed by atoms with Crippen molar-refractivity contribution in [3.8, 4) is 17.2 Å². The van der Waals surface area contributed by atoms with E-state index < -0.39 is 11.8 Å². The molecule has 1 rings (SSSR count). The van der Waals surface area contributed by atoms with Crippen LogP contribution in [0.5, 0.6) is 17.2 Å². The summed E-state index contributed by atoms with van der Waals surface area (Å²) in [5.74, 6) is 5.84. The minimum absolute atomic E-state index is 0.128. The standard InChI is InChI=1S/C14H20N2O5/c1-14(2,3)21-13(17)20-12-10(18-4)6-9(8-16-15)7-11(12)19-5/h6-8H,15H2,1-5H3. The normalized spacial score (nSPS) is 11.3. The second-order valence-electron chi connectivity index (χ2n) is 5.10. The molecule has 1 aromatic rings. The predicted octanol–water partition coefficient (Wildman–Crippen LogP) is 2.31. The van der Waals surface area contributed by atoms with Gasteiger partial charge in [-0.2, -0.15) is 5.10 Å². The molecule has 0 heterocycles. The van der Waals surface area contributed by atoms with E-state index in [9.17, 15) is 4.79 Å². The number of hydrazone groups is 1. The monoisotopic (exact) mass is 296 g/mol. The molecule has 0 amide bonds. The van der Waals surface area contributed by atoms with Crippen LogP contribution in [-0.2, 0) is 4.74 Å². The maximum Gasteiger partial charge on any atom is 0.514 e. The zero-order valence-electron chi connectivity index (χ0n) is 12.8. The van der Waals surface area contributed by atoms with Gasteiger partial charge in [-0.15, -0.1) is 0 Å². The van der Waals surface area contributed by atoms with Crippen molar-refractivity contribution in [2.75, 3.05) is 14.2 Å². The number of hydrogen-bond acceptors (Lipinski definition) is 7. The van der Waals surface area contributed by atoms with Crippen LogP contribution in [0.1, 0.15) is 26.3 Å². The number of rotatable bonds is 4. The fourth-order valence-corrected chi connectivity index (χ4v) is 1.52. The van der Waals surface area contributed by atoms with Gasteiger partial charge in [-0.05, 0) is 32.9 Å². The van der Waals surface area contributed by atoms with Gasteiger partial charge in [0, 0.05) is 5.56 Å². The van der Waals surface area contributed by atoms with Crippen molar-refractivity contribution >= 4 is 12.4 Å². The summed E-state index contributed by atoms with van der Waals surface area (Å²) >= 11 is 0. The number of methoxy groups -OCH3 is 2. The van der Waals surface area contributed by atoms with Crippen LogP contribution in [0.25, 0.3) is 0 Å². The van der Waals surface area contributed by atoms with E-state index >= 15 is 0 Å². The van der Waals surface area contributed by atoms with Crippen molar-refractivity contribution in [2.45, 2.75) is 26.4 Å². The van der Waals surface area contributed by atoms with Gasteiger partial charge in [0.05, 0.1) is 20.4 Å². The van der Waals surface area contributed by atoms with E-state index in [1.807, 2.05) is 0 Å². The SMILES string of the molecule is COc1cc(C=NN)cc(OC)c1OC(=O)OC(C)(C)C. The van der Waals surface area contributed by atoms with Crippen LogP contribution < -0.4 is 20.1 Å². The molecule has 2 N–H and O–H groups in total. The molecule has 116 valence electrons. The summed E-state index contributed by atoms with van der Waals surface area (Å²) in [6.07, 6.45) is 0.571. The predicted molar refractivity (Wildman–Crippen MR) is 78.2 cm³/mol. The highest BCUT2D eigenvalue weighted by molar-refractivity contribution is 5.82. The summed E-state index contributed by atoms with van der Waals surface area (Å²) in [7, 11) is 2.89. The third-order valence-electron chi connectivity index (χ3n) is 2.28. The van der Waals surface area contributed by atoms with Gasteiger partial charge in [-0.3, -0.25) is 0 Å². The molecule has 0 spiro atoms. The highest BCUT2D eigenvalue weighted by atomic mass is 16.7. The molecule has 1 aromatic carbocycles. The summed E-state index contributed by atoms with van der Waals surface area (Å²) in [5, 5.41) is 3.43. The Morgan fingerprint density at radius 1 is 1.19 bits per heavy atom. The molecule has 0 fully saturated rings. The van der Waals surface area contributed by atoms with E-state index in [4.69, 9.17) is 24.8 Å². The number of hydrogen-bond donors (Lipinski definition) is 1. The van der Waals surface area contributed by atoms with Gasteiger partial charge in [0.2, 0.25) is 5.75 Å². The number of benzene rings is 1. The van der Waals surface area contributed by atoms with Gasteiger partial charge in [0.25, 0.3) is 0 Å². The Morgan fingerprint density at radius 2 is 1.71 bits per heavy atom. The topological polar surface area (TPSA) is 92.4 Å². The first-order valence-corrected chi connectivity index (χ1v) is 6.21. The van der Waals surface area contributed by atoms with Crippen LogP contribution in [0.15, 0.2) is 17.2 Å². The molecule has 0 radical (unpaired) electrons. The highest BCUT2D eigenvalue weighted by Crippen LogP contribution is 2.38. The minimum atomic E-state index is -0.848. The largest absolute Gasteiger partial charge is 0.514 e. The molecule has 0 bridgehead atoms. The van der Waals surface area contributed by atoms with Crippen molar-refractivity contribution in [1.82, 2.24) is 0 Å². The third-order valence-corrected chi connectivity index (χ3v) is 2.28. The van der Waals surface area contributed by atoms with Crippen LogP contribution in [0, 0.1) is 0 Å². The van der Waals surface area contributed by atoms with Crippen LogP contribution in [0.3, 0.4) is 0 Å². The van der Waals surface area contributed by atoms with Crippen molar-refractivity contribution in [1.29, 1.82) is 0 Å². The molecule has 0 saturated heterocycles. The number of ether oxygens (including phenoxy) is 4. The molecule has 0 aromatic heterocycles. The molecule has 0 atom stereocenters. The number of nitrogens with zero attached hydrogens (tertiary/aromatic N) is 1. The Kier molecular flexibility index (Phi) is 5.40. The van der Waals surface area contributed by atoms with Crippen LogP contribution >= 0.6 is 0 Å². The lowest BCUT2D eigenvalue weighted by atomic mass is 10.2. The van der Waals surface area contributed by atoms with E-state index in [2.05, 4.69) is 5.10 Å². The van der Waals surface area contributed by atoms with Gasteiger partial charge in [-0.25, -0.2) is 4.79 Å². The van der Waals surface area contributed by atoms with Gasteiger partial charge in [-0.1, -0.05) is 0 Å². The second-order valence-corrected chi connectivity index (χ2v) is 5.10. The highest BCUT2D eigenvalue weighted by Gasteiger charge is 2.22. The number of carbonyl (C=O) groups is 1. The first kappa shape index (κ1) is 16.6. The van der Waals surface area contributed by atoms with Crippen molar-refractivity contribution in [3.05, 3.63) is 17.7 Å². The molecule has 0 aliphatic heterocycles. The van der Waals surface area contributed by atoms with Crippen molar-refractivity contribution < 1.29 is 23.7 Å². The Morgan fingerprint density at radius 3 is 2.10 bits per heavy atom. The summed E-state index contributed by atoms with van der Waals surface area (Å²) in [6, 6.07) is 3.22. The van der Waals surface area contributed by atoms with Gasteiger partial charge in [0.15, 0.2) is 11.5 Å². The molecule has 7 heteroatoms. The quantitative estimate of drug-likeness (QED) is 0.301. The lowest BCUT2D eigenvalue weighted by Crippen LogP contribution is -2.26. The van der Waals surface area contributed by atoms with E-state index in [-0.39, 0.29) is 5.75 Å². The summed E-state index contributed by atoms with van der Waals surface area (Å²) < 4.78 is 20.7. The maximum atomic E-state index is 11.8. The van der Waals surface area contributed by atoms with E-state index in [0.29, 0.717) is 17.1 Å². The van der Waals surface area contributed by atoms with E-state index in [1.54, 1.807) is 32.9 Å². The van der Waals surface area contributed by atoms with Crippen LogP contribution in [0.2, 0.25) is 0 Å². The van der Waals surface area contributed by atoms with E-state index in [1.165, 1.54) is 20.4 Å². The summed E-state index contributed by atoms with van der Waals surface area (Å²) in [5.41, 5.74) is -0.0216. The fourth-order valence-electron chi connectivity index (χ4n) is 1.52. The number of nitrogens with two attached hydrogens (primary N) is 1. The Labute approximate surface area is 123 Å². The van der Waals surface area contributed by atoms with E-state index in [0.717, 1.165) is 0 Å². The van der Waals surface area contributed by atoms with Gasteiger partial charge >= 0.3 is 6.16 Å². The van der Waals surface area contributed by atoms with Gasteiger partial charge < -0.3 is 24.8 Å². The Bertz CT molecular complexity index is 510. The molecule has 7 nitrogen and oxygen atoms in total. The second kappa shape index (κ2) is 6.83. The maximum absolute atomic E-state index is 11.8. The molecular formula is C14H20N2O5. The molecular weight excluding hydrogens is 276 g/mol. The Hall–Kier alpha value is -2.44. The average Bonchev–Trinajstić information content (AvgIpc) is 2.38. The molecule has 0 aliphatic carbocycles. The summed E-state index contributed by atoms with van der Waals surface area (Å²) in [6.45, 7) is 5.22. The van der Waals surface area contributed by atoms with Crippen LogP contribution in [-0.4, -0.2) is 32.2 Å². The molecule has 0 aliphatic rings. The average molecular weight is 296 g/mol. The number of carbonyl (C=O) groups excluding carboxylic acids is 1. The molecule has 0 unspecified atom stereocenters. The smallest absolute Gasteiger partial charge is 0.493 e. The summed E-state index contributed by atoms with van der Waals surface area (Å²) in [4.78, 5) is 11.8. The lowest BCUT2D eigenvalue weighted by molar-refractivity contribution is 0.0195. The minimum Gasteiger partial charge on any atom is -0.493 e. The van der Waals surface area contributed by atoms with Crippen LogP contribution in [0.4, 0.5) is 4.79 Å². The lowest BCUT2D eigenvalue weighted by Gasteiger charge is -2.20. The van der Waals surface area contributed by atoms with Crippen molar-refractivity contribution in [2.24, 2.45) is 10.9 Å². The fraction of sp³-hybridized carbons (Fsp3) is 0.429. The zero-order valence-corrected chi connectivity index (χ0v) is 12.8. The first-order chi connectivity index (χ1) is 9.80. The zero-order chi connectivity index (χ0) is 16.0.